The molecule has 0 bridgehead atoms. The Hall–Kier alpha value is -1.91. The Balaban J connectivity index is 1.65. The predicted molar refractivity (Wildman–Crippen MR) is 101 cm³/mol. The van der Waals surface area contributed by atoms with Crippen molar-refractivity contribution in [1.29, 1.82) is 0 Å². The molecular formula is C20H24ClN3O. The Morgan fingerprint density at radius 2 is 2.08 bits per heavy atom. The number of benzene rings is 1. The van der Waals surface area contributed by atoms with Gasteiger partial charge in [0.25, 0.3) is 5.91 Å². The van der Waals surface area contributed by atoms with Crippen LogP contribution in [0.2, 0.25) is 5.02 Å². The zero-order chi connectivity index (χ0) is 17.9. The van der Waals surface area contributed by atoms with Gasteiger partial charge in [0.1, 0.15) is 0 Å². The maximum atomic E-state index is 12.4. The van der Waals surface area contributed by atoms with Gasteiger partial charge in [0.2, 0.25) is 0 Å². The average molecular weight is 358 g/mol. The smallest absolute Gasteiger partial charge is 0.253 e. The quantitative estimate of drug-likeness (QED) is 0.878. The Labute approximate surface area is 153 Å². The molecule has 0 radical (unpaired) electrons. The number of pyridine rings is 1. The lowest BCUT2D eigenvalue weighted by Gasteiger charge is -2.40. The lowest BCUT2D eigenvalue weighted by Crippen LogP contribution is -2.45. The van der Waals surface area contributed by atoms with E-state index in [-0.39, 0.29) is 17.4 Å². The molecule has 1 aliphatic carbocycles. The van der Waals surface area contributed by atoms with E-state index in [0.29, 0.717) is 12.1 Å². The predicted octanol–water partition coefficient (Wildman–Crippen LogP) is 3.61. The summed E-state index contributed by atoms with van der Waals surface area (Å²) in [5.74, 6) is -0.0517. The molecule has 3 N–H and O–H groups in total. The number of amides is 1. The third-order valence-corrected chi connectivity index (χ3v) is 5.48. The fourth-order valence-corrected chi connectivity index (χ4v) is 3.88. The molecule has 0 aliphatic heterocycles. The number of nitrogens with zero attached hydrogens (tertiary/aromatic N) is 1. The summed E-state index contributed by atoms with van der Waals surface area (Å²) in [5, 5.41) is 3.88. The maximum absolute atomic E-state index is 12.4. The highest BCUT2D eigenvalue weighted by Gasteiger charge is 2.36. The van der Waals surface area contributed by atoms with E-state index in [1.165, 1.54) is 5.56 Å². The highest BCUT2D eigenvalue weighted by molar-refractivity contribution is 6.30. The SMILES string of the molecule is Cc1cncc(C(=O)N[C@H]2CC[C@](CN)(c3cccc(Cl)c3)CC2)c1. The van der Waals surface area contributed by atoms with Crippen molar-refractivity contribution >= 4 is 17.5 Å². The van der Waals surface area contributed by atoms with Gasteiger partial charge in [-0.1, -0.05) is 23.7 Å². The van der Waals surface area contributed by atoms with Crippen LogP contribution in [0.15, 0.2) is 42.7 Å². The van der Waals surface area contributed by atoms with Gasteiger partial charge in [0, 0.05) is 35.4 Å². The molecule has 0 spiro atoms. The lowest BCUT2D eigenvalue weighted by molar-refractivity contribution is 0.0917. The van der Waals surface area contributed by atoms with Crippen LogP contribution in [-0.2, 0) is 5.41 Å². The molecule has 1 aliphatic rings. The third kappa shape index (κ3) is 4.02. The number of aryl methyl sites for hydroxylation is 1. The van der Waals surface area contributed by atoms with Crippen LogP contribution >= 0.6 is 11.6 Å². The van der Waals surface area contributed by atoms with Crippen LogP contribution in [0.25, 0.3) is 0 Å². The normalized spacial score (nSPS) is 23.2. The summed E-state index contributed by atoms with van der Waals surface area (Å²) >= 11 is 6.16. The monoisotopic (exact) mass is 357 g/mol. The van der Waals surface area contributed by atoms with Crippen molar-refractivity contribution in [1.82, 2.24) is 10.3 Å². The van der Waals surface area contributed by atoms with E-state index >= 15 is 0 Å². The zero-order valence-electron chi connectivity index (χ0n) is 14.5. The molecule has 2 aromatic rings. The first-order valence-electron chi connectivity index (χ1n) is 8.71. The van der Waals surface area contributed by atoms with Crippen LogP contribution in [0.3, 0.4) is 0 Å². The van der Waals surface area contributed by atoms with Crippen LogP contribution in [0.1, 0.15) is 47.2 Å². The average Bonchev–Trinajstić information content (AvgIpc) is 2.62. The van der Waals surface area contributed by atoms with Crippen molar-refractivity contribution in [2.45, 2.75) is 44.1 Å². The second-order valence-electron chi connectivity index (χ2n) is 6.99. The third-order valence-electron chi connectivity index (χ3n) is 5.24. The van der Waals surface area contributed by atoms with E-state index in [2.05, 4.69) is 16.4 Å². The largest absolute Gasteiger partial charge is 0.349 e. The number of nitrogens with two attached hydrogens (primary N) is 1. The van der Waals surface area contributed by atoms with Gasteiger partial charge in [-0.05, 0) is 61.9 Å². The van der Waals surface area contributed by atoms with Crippen molar-refractivity contribution < 1.29 is 4.79 Å². The summed E-state index contributed by atoms with van der Waals surface area (Å²) in [5.41, 5.74) is 8.90. The molecule has 1 saturated carbocycles. The summed E-state index contributed by atoms with van der Waals surface area (Å²) in [6.45, 7) is 2.53. The first kappa shape index (κ1) is 17.9. The van der Waals surface area contributed by atoms with Gasteiger partial charge in [0.05, 0.1) is 5.56 Å². The van der Waals surface area contributed by atoms with E-state index in [1.54, 1.807) is 12.4 Å². The van der Waals surface area contributed by atoms with Crippen molar-refractivity contribution in [3.63, 3.8) is 0 Å². The van der Waals surface area contributed by atoms with E-state index in [1.807, 2.05) is 31.2 Å². The highest BCUT2D eigenvalue weighted by Crippen LogP contribution is 2.39. The minimum Gasteiger partial charge on any atom is -0.349 e. The number of carbonyl (C=O) groups is 1. The molecule has 0 unspecified atom stereocenters. The van der Waals surface area contributed by atoms with Gasteiger partial charge in [-0.2, -0.15) is 0 Å². The number of rotatable bonds is 4. The number of carbonyl (C=O) groups excluding carboxylic acids is 1. The van der Waals surface area contributed by atoms with Gasteiger partial charge >= 0.3 is 0 Å². The number of aromatic nitrogens is 1. The summed E-state index contributed by atoms with van der Waals surface area (Å²) in [6.07, 6.45) is 7.07. The molecule has 0 atom stereocenters. The van der Waals surface area contributed by atoms with Gasteiger partial charge in [0.15, 0.2) is 0 Å². The van der Waals surface area contributed by atoms with E-state index < -0.39 is 0 Å². The number of halogens is 1. The first-order chi connectivity index (χ1) is 12.0. The summed E-state index contributed by atoms with van der Waals surface area (Å²) < 4.78 is 0. The van der Waals surface area contributed by atoms with E-state index in [4.69, 9.17) is 17.3 Å². The fraction of sp³-hybridized carbons (Fsp3) is 0.400. The Kier molecular flexibility index (Phi) is 5.40. The maximum Gasteiger partial charge on any atom is 0.253 e. The van der Waals surface area contributed by atoms with Gasteiger partial charge in [-0.15, -0.1) is 0 Å². The molecule has 1 heterocycles. The van der Waals surface area contributed by atoms with Crippen molar-refractivity contribution in [2.75, 3.05) is 6.54 Å². The molecule has 132 valence electrons. The van der Waals surface area contributed by atoms with E-state index in [9.17, 15) is 4.79 Å². The summed E-state index contributed by atoms with van der Waals surface area (Å²) in [7, 11) is 0. The Morgan fingerprint density at radius 3 is 2.72 bits per heavy atom. The molecule has 1 aromatic carbocycles. The molecule has 3 rings (SSSR count). The van der Waals surface area contributed by atoms with Gasteiger partial charge in [-0.3, -0.25) is 9.78 Å². The van der Waals surface area contributed by atoms with Crippen LogP contribution < -0.4 is 11.1 Å². The van der Waals surface area contributed by atoms with Crippen molar-refractivity contribution in [3.8, 4) is 0 Å². The molecule has 5 heteroatoms. The first-order valence-corrected chi connectivity index (χ1v) is 9.09. The second kappa shape index (κ2) is 7.54. The van der Waals surface area contributed by atoms with Crippen molar-refractivity contribution in [3.05, 3.63) is 64.4 Å². The number of hydrogen-bond acceptors (Lipinski definition) is 3. The van der Waals surface area contributed by atoms with Gasteiger partial charge < -0.3 is 11.1 Å². The van der Waals surface area contributed by atoms with Crippen LogP contribution in [0.4, 0.5) is 0 Å². The number of nitrogens with one attached hydrogen (secondary N) is 1. The molecule has 1 amide bonds. The number of hydrogen-bond donors (Lipinski definition) is 2. The van der Waals surface area contributed by atoms with Gasteiger partial charge in [-0.25, -0.2) is 0 Å². The standard InChI is InChI=1S/C20H24ClN3O/c1-14-9-15(12-23-11-14)19(25)24-18-5-7-20(13-22,8-6-18)16-3-2-4-17(21)10-16/h2-4,9-12,18H,5-8,13,22H2,1H3,(H,24,25)/t18-,20-. The van der Waals surface area contributed by atoms with Crippen LogP contribution in [0, 0.1) is 6.92 Å². The van der Waals surface area contributed by atoms with E-state index in [0.717, 1.165) is 36.3 Å². The highest BCUT2D eigenvalue weighted by atomic mass is 35.5. The molecule has 4 nitrogen and oxygen atoms in total. The van der Waals surface area contributed by atoms with Crippen molar-refractivity contribution in [2.24, 2.45) is 5.73 Å². The summed E-state index contributed by atoms with van der Waals surface area (Å²) in [4.78, 5) is 16.5. The molecule has 25 heavy (non-hydrogen) atoms. The molecular weight excluding hydrogens is 334 g/mol. The summed E-state index contributed by atoms with van der Waals surface area (Å²) in [6, 6.07) is 10.0. The van der Waals surface area contributed by atoms with Crippen LogP contribution in [-0.4, -0.2) is 23.5 Å². The minimum absolute atomic E-state index is 0.0446. The zero-order valence-corrected chi connectivity index (χ0v) is 15.2. The fourth-order valence-electron chi connectivity index (χ4n) is 3.69. The topological polar surface area (TPSA) is 68.0 Å². The molecule has 0 saturated heterocycles. The Bertz CT molecular complexity index is 754. The lowest BCUT2D eigenvalue weighted by atomic mass is 9.68. The molecule has 1 fully saturated rings. The Morgan fingerprint density at radius 1 is 1.32 bits per heavy atom. The van der Waals surface area contributed by atoms with Crippen LogP contribution in [0.5, 0.6) is 0 Å². The minimum atomic E-state index is -0.0517. The molecule has 1 aromatic heterocycles. The second-order valence-corrected chi connectivity index (χ2v) is 7.43.